The van der Waals surface area contributed by atoms with E-state index in [0.717, 1.165) is 22.3 Å². The van der Waals surface area contributed by atoms with Gasteiger partial charge in [-0.25, -0.2) is 0 Å². The maximum absolute atomic E-state index is 12.8. The van der Waals surface area contributed by atoms with Crippen LogP contribution in [0.1, 0.15) is 92.4 Å². The van der Waals surface area contributed by atoms with Crippen molar-refractivity contribution in [3.8, 4) is 5.75 Å². The van der Waals surface area contributed by atoms with E-state index in [1.54, 1.807) is 0 Å². The fourth-order valence-electron chi connectivity index (χ4n) is 4.58. The van der Waals surface area contributed by atoms with E-state index in [4.69, 9.17) is 4.74 Å². The first-order valence-corrected chi connectivity index (χ1v) is 11.4. The maximum atomic E-state index is 12.8. The van der Waals surface area contributed by atoms with Crippen molar-refractivity contribution in [2.75, 3.05) is 18.5 Å². The molecule has 2 aromatic carbocycles. The van der Waals surface area contributed by atoms with Gasteiger partial charge in [0.1, 0.15) is 11.9 Å². The zero-order chi connectivity index (χ0) is 23.8. The van der Waals surface area contributed by atoms with E-state index in [2.05, 4.69) is 43.4 Å². The average Bonchev–Trinajstić information content (AvgIpc) is 3.14. The normalized spacial score (nSPS) is 16.6. The molecule has 2 unspecified atom stereocenters. The van der Waals surface area contributed by atoms with Crippen LogP contribution in [0, 0.1) is 19.3 Å². The highest BCUT2D eigenvalue weighted by atomic mass is 16.5. The number of rotatable bonds is 6. The van der Waals surface area contributed by atoms with Crippen molar-refractivity contribution >= 4 is 11.6 Å². The first-order valence-electron chi connectivity index (χ1n) is 11.4. The summed E-state index contributed by atoms with van der Waals surface area (Å²) in [5.74, 6) is 1.02. The Bertz CT molecular complexity index is 986. The van der Waals surface area contributed by atoms with Gasteiger partial charge in [-0.05, 0) is 47.4 Å². The first-order chi connectivity index (χ1) is 14.9. The van der Waals surface area contributed by atoms with E-state index in [0.29, 0.717) is 35.9 Å². The molecule has 3 rings (SSSR count). The first kappa shape index (κ1) is 24.3. The van der Waals surface area contributed by atoms with Crippen LogP contribution < -0.4 is 10.1 Å². The molecular weight excluding hydrogens is 402 g/mol. The largest absolute Gasteiger partial charge is 0.492 e. The number of carbonyl (C=O) groups excluding carboxylic acids is 1. The van der Waals surface area contributed by atoms with Crippen molar-refractivity contribution in [1.82, 2.24) is 0 Å². The van der Waals surface area contributed by atoms with Gasteiger partial charge in [0.2, 0.25) is 5.91 Å². The van der Waals surface area contributed by atoms with Gasteiger partial charge in [-0.1, -0.05) is 58.9 Å². The number of anilines is 1. The van der Waals surface area contributed by atoms with E-state index < -0.39 is 12.7 Å². The Labute approximate surface area is 191 Å². The standard InChI is InChI=1S/C27H37NO4/c1-15(2)18-8-10-19(11-9-18)20-14-32-26-23(20)16(3)25(17(4)24(26)21(30)13-29)28-22(31)12-27(5,6)7/h8-11,15,20-21,29-30H,12-14H2,1-7H3,(H,28,31). The summed E-state index contributed by atoms with van der Waals surface area (Å²) < 4.78 is 6.12. The van der Waals surface area contributed by atoms with Gasteiger partial charge in [0.05, 0.1) is 13.2 Å². The Morgan fingerprint density at radius 1 is 1.16 bits per heavy atom. The summed E-state index contributed by atoms with van der Waals surface area (Å²) in [4.78, 5) is 12.8. The molecule has 0 bridgehead atoms. The number of ether oxygens (including phenoxy) is 1. The third-order valence-corrected chi connectivity index (χ3v) is 6.26. The molecule has 32 heavy (non-hydrogen) atoms. The second-order valence-electron chi connectivity index (χ2n) is 10.5. The van der Waals surface area contributed by atoms with E-state index in [9.17, 15) is 15.0 Å². The maximum Gasteiger partial charge on any atom is 0.224 e. The third kappa shape index (κ3) is 4.84. The molecule has 5 heteroatoms. The highest BCUT2D eigenvalue weighted by molar-refractivity contribution is 5.94. The van der Waals surface area contributed by atoms with Crippen LogP contribution in [-0.4, -0.2) is 29.3 Å². The molecular formula is C27H37NO4. The van der Waals surface area contributed by atoms with Crippen molar-refractivity contribution in [3.63, 3.8) is 0 Å². The van der Waals surface area contributed by atoms with Gasteiger partial charge in [-0.15, -0.1) is 0 Å². The van der Waals surface area contributed by atoms with Crippen LogP contribution in [0.5, 0.6) is 5.75 Å². The number of fused-ring (bicyclic) bond motifs is 1. The highest BCUT2D eigenvalue weighted by Crippen LogP contribution is 2.49. The van der Waals surface area contributed by atoms with Crippen LogP contribution in [0.15, 0.2) is 24.3 Å². The van der Waals surface area contributed by atoms with Crippen molar-refractivity contribution in [3.05, 3.63) is 57.6 Å². The molecule has 5 nitrogen and oxygen atoms in total. The minimum absolute atomic E-state index is 0.00489. The van der Waals surface area contributed by atoms with E-state index in [-0.39, 0.29) is 17.2 Å². The van der Waals surface area contributed by atoms with Crippen LogP contribution in [0.25, 0.3) is 0 Å². The number of hydrogen-bond donors (Lipinski definition) is 3. The molecule has 0 fully saturated rings. The molecule has 3 N–H and O–H groups in total. The molecule has 0 saturated carbocycles. The molecule has 0 radical (unpaired) electrons. The van der Waals surface area contributed by atoms with Gasteiger partial charge in [0.15, 0.2) is 0 Å². The molecule has 0 aliphatic carbocycles. The number of carbonyl (C=O) groups is 1. The van der Waals surface area contributed by atoms with E-state index in [1.165, 1.54) is 5.56 Å². The summed E-state index contributed by atoms with van der Waals surface area (Å²) >= 11 is 0. The zero-order valence-electron chi connectivity index (χ0n) is 20.4. The molecule has 0 saturated heterocycles. The molecule has 1 heterocycles. The zero-order valence-corrected chi connectivity index (χ0v) is 20.4. The number of nitrogens with one attached hydrogen (secondary N) is 1. The summed E-state index contributed by atoms with van der Waals surface area (Å²) in [5.41, 5.74) is 6.19. The lowest BCUT2D eigenvalue weighted by Crippen LogP contribution is -2.22. The van der Waals surface area contributed by atoms with Gasteiger partial charge in [0, 0.05) is 29.2 Å². The van der Waals surface area contributed by atoms with Gasteiger partial charge in [-0.2, -0.15) is 0 Å². The number of amides is 1. The highest BCUT2D eigenvalue weighted by Gasteiger charge is 2.35. The summed E-state index contributed by atoms with van der Waals surface area (Å²) in [5, 5.41) is 23.4. The molecule has 174 valence electrons. The average molecular weight is 440 g/mol. The van der Waals surface area contributed by atoms with Gasteiger partial charge in [-0.3, -0.25) is 4.79 Å². The molecule has 0 aromatic heterocycles. The minimum Gasteiger partial charge on any atom is -0.492 e. The second kappa shape index (κ2) is 9.24. The molecule has 1 amide bonds. The number of aliphatic hydroxyl groups excluding tert-OH is 2. The lowest BCUT2D eigenvalue weighted by Gasteiger charge is -2.24. The predicted molar refractivity (Wildman–Crippen MR) is 129 cm³/mol. The lowest BCUT2D eigenvalue weighted by molar-refractivity contribution is -0.117. The van der Waals surface area contributed by atoms with Gasteiger partial charge in [0.25, 0.3) is 0 Å². The summed E-state index contributed by atoms with van der Waals surface area (Å²) in [6.07, 6.45) is -0.693. The number of hydrogen-bond acceptors (Lipinski definition) is 4. The van der Waals surface area contributed by atoms with Crippen LogP contribution in [0.3, 0.4) is 0 Å². The van der Waals surface area contributed by atoms with Crippen molar-refractivity contribution in [2.24, 2.45) is 5.41 Å². The molecule has 1 aliphatic heterocycles. The monoisotopic (exact) mass is 439 g/mol. The Morgan fingerprint density at radius 2 is 1.78 bits per heavy atom. The van der Waals surface area contributed by atoms with Crippen molar-refractivity contribution < 1.29 is 19.7 Å². The second-order valence-corrected chi connectivity index (χ2v) is 10.5. The van der Waals surface area contributed by atoms with Crippen LogP contribution in [0.4, 0.5) is 5.69 Å². The Hall–Kier alpha value is -2.37. The minimum atomic E-state index is -1.08. The van der Waals surface area contributed by atoms with Gasteiger partial charge >= 0.3 is 0 Å². The Morgan fingerprint density at radius 3 is 2.31 bits per heavy atom. The predicted octanol–water partition coefficient (Wildman–Crippen LogP) is 5.35. The molecule has 2 aromatic rings. The SMILES string of the molecule is Cc1c(NC(=O)CC(C)(C)C)c(C)c2c(c1C(O)CO)OCC2c1ccc(C(C)C)cc1. The van der Waals surface area contributed by atoms with Crippen LogP contribution in [0.2, 0.25) is 0 Å². The summed E-state index contributed by atoms with van der Waals surface area (Å²) in [6.45, 7) is 14.3. The van der Waals surface area contributed by atoms with Crippen LogP contribution in [-0.2, 0) is 4.79 Å². The van der Waals surface area contributed by atoms with E-state index in [1.807, 2.05) is 34.6 Å². The van der Waals surface area contributed by atoms with Crippen molar-refractivity contribution in [2.45, 2.75) is 72.8 Å². The van der Waals surface area contributed by atoms with Gasteiger partial charge < -0.3 is 20.3 Å². The Balaban J connectivity index is 2.11. The fraction of sp³-hybridized carbons (Fsp3) is 0.519. The summed E-state index contributed by atoms with van der Waals surface area (Å²) in [6, 6.07) is 8.57. The topological polar surface area (TPSA) is 78.8 Å². The fourth-order valence-corrected chi connectivity index (χ4v) is 4.58. The lowest BCUT2D eigenvalue weighted by atomic mass is 9.84. The van der Waals surface area contributed by atoms with E-state index >= 15 is 0 Å². The molecule has 1 aliphatic rings. The molecule has 2 atom stereocenters. The quantitative estimate of drug-likeness (QED) is 0.567. The third-order valence-electron chi connectivity index (χ3n) is 6.26. The Kier molecular flexibility index (Phi) is 7.01. The van der Waals surface area contributed by atoms with Crippen molar-refractivity contribution in [1.29, 1.82) is 0 Å². The molecule has 0 spiro atoms. The van der Waals surface area contributed by atoms with Crippen LogP contribution >= 0.6 is 0 Å². The number of aliphatic hydroxyl groups is 2. The number of benzene rings is 2. The summed E-state index contributed by atoms with van der Waals surface area (Å²) in [7, 11) is 0. The smallest absolute Gasteiger partial charge is 0.224 e.